The molecule has 2 N–H and O–H groups in total. The van der Waals surface area contributed by atoms with E-state index in [0.29, 0.717) is 0 Å². The lowest BCUT2D eigenvalue weighted by atomic mass is 10.2. The van der Waals surface area contributed by atoms with E-state index in [4.69, 9.17) is 5.11 Å². The number of amides is 1. The normalized spacial score (nSPS) is 12.1. The number of hydrogen-bond donors (Lipinski definition) is 2. The molecule has 0 radical (unpaired) electrons. The Morgan fingerprint density at radius 1 is 1.56 bits per heavy atom. The molecular formula is C11H11FN4O2. The zero-order valence-corrected chi connectivity index (χ0v) is 9.54. The third-order valence-corrected chi connectivity index (χ3v) is 2.42. The molecule has 7 heteroatoms. The first-order chi connectivity index (χ1) is 8.58. The molecule has 6 nitrogen and oxygen atoms in total. The van der Waals surface area contributed by atoms with Gasteiger partial charge in [-0.2, -0.15) is 5.10 Å². The van der Waals surface area contributed by atoms with Gasteiger partial charge in [-0.3, -0.25) is 4.79 Å². The molecule has 2 aromatic rings. The summed E-state index contributed by atoms with van der Waals surface area (Å²) in [6, 6.07) is 2.89. The number of phenolic OH excluding ortho intramolecular Hbond substituents is 1. The maximum atomic E-state index is 13.4. The molecule has 0 spiro atoms. The molecule has 0 saturated carbocycles. The van der Waals surface area contributed by atoms with Crippen molar-refractivity contribution < 1.29 is 14.3 Å². The molecule has 0 bridgehead atoms. The van der Waals surface area contributed by atoms with Crippen LogP contribution >= 0.6 is 0 Å². The summed E-state index contributed by atoms with van der Waals surface area (Å²) in [6.07, 6.45) is 2.71. The lowest BCUT2D eigenvalue weighted by Crippen LogP contribution is -2.24. The molecule has 0 aliphatic heterocycles. The quantitative estimate of drug-likeness (QED) is 0.805. The van der Waals surface area contributed by atoms with Crippen LogP contribution in [0.5, 0.6) is 5.75 Å². The maximum Gasteiger partial charge on any atom is 0.249 e. The third-order valence-electron chi connectivity index (χ3n) is 2.42. The minimum Gasteiger partial charge on any atom is -0.508 e. The molecule has 94 valence electrons. The highest BCUT2D eigenvalue weighted by molar-refractivity contribution is 5.93. The topological polar surface area (TPSA) is 80.0 Å². The number of carbonyl (C=O) groups is 1. The summed E-state index contributed by atoms with van der Waals surface area (Å²) in [7, 11) is 0. The molecule has 18 heavy (non-hydrogen) atoms. The van der Waals surface area contributed by atoms with Crippen LogP contribution < -0.4 is 5.32 Å². The fourth-order valence-corrected chi connectivity index (χ4v) is 1.38. The van der Waals surface area contributed by atoms with Crippen LogP contribution in [0.1, 0.15) is 13.0 Å². The molecule has 0 saturated heterocycles. The Hall–Kier alpha value is -2.44. The van der Waals surface area contributed by atoms with Crippen molar-refractivity contribution in [2.24, 2.45) is 0 Å². The van der Waals surface area contributed by atoms with Gasteiger partial charge in [0.2, 0.25) is 5.91 Å². The minimum absolute atomic E-state index is 0.00441. The highest BCUT2D eigenvalue weighted by atomic mass is 19.1. The van der Waals surface area contributed by atoms with Crippen molar-refractivity contribution in [3.63, 3.8) is 0 Å². The molecule has 0 aliphatic rings. The summed E-state index contributed by atoms with van der Waals surface area (Å²) < 4.78 is 14.8. The number of rotatable bonds is 3. The van der Waals surface area contributed by atoms with Gasteiger partial charge >= 0.3 is 0 Å². The van der Waals surface area contributed by atoms with E-state index in [-0.39, 0.29) is 11.4 Å². The summed E-state index contributed by atoms with van der Waals surface area (Å²) in [5.41, 5.74) is 0.00441. The molecule has 1 amide bonds. The van der Waals surface area contributed by atoms with E-state index < -0.39 is 17.8 Å². The molecule has 1 atom stereocenters. The van der Waals surface area contributed by atoms with E-state index in [1.165, 1.54) is 29.5 Å². The van der Waals surface area contributed by atoms with E-state index in [1.54, 1.807) is 6.92 Å². The number of carbonyl (C=O) groups excluding carboxylic acids is 1. The third kappa shape index (κ3) is 2.45. The first-order valence-corrected chi connectivity index (χ1v) is 5.21. The average molecular weight is 250 g/mol. The van der Waals surface area contributed by atoms with Crippen LogP contribution in [0.25, 0.3) is 0 Å². The van der Waals surface area contributed by atoms with Crippen LogP contribution in [0.4, 0.5) is 10.1 Å². The monoisotopic (exact) mass is 250 g/mol. The standard InChI is InChI=1S/C11H11FN4O2/c1-7(16-6-13-5-14-16)11(18)15-10-3-2-8(17)4-9(10)12/h2-7,17H,1H3,(H,15,18). The average Bonchev–Trinajstić information content (AvgIpc) is 2.85. The van der Waals surface area contributed by atoms with Gasteiger partial charge < -0.3 is 10.4 Å². The van der Waals surface area contributed by atoms with Gasteiger partial charge in [0.1, 0.15) is 30.3 Å². The second kappa shape index (κ2) is 4.82. The van der Waals surface area contributed by atoms with Crippen molar-refractivity contribution in [3.05, 3.63) is 36.7 Å². The lowest BCUT2D eigenvalue weighted by molar-refractivity contribution is -0.119. The van der Waals surface area contributed by atoms with Crippen molar-refractivity contribution in [3.8, 4) is 5.75 Å². The molecule has 1 heterocycles. The molecular weight excluding hydrogens is 239 g/mol. The fourth-order valence-electron chi connectivity index (χ4n) is 1.38. The largest absolute Gasteiger partial charge is 0.508 e. The van der Waals surface area contributed by atoms with Crippen molar-refractivity contribution in [2.75, 3.05) is 5.32 Å². The summed E-state index contributed by atoms with van der Waals surface area (Å²) in [5, 5.41) is 15.3. The summed E-state index contributed by atoms with van der Waals surface area (Å²) >= 11 is 0. The molecule has 1 unspecified atom stereocenters. The zero-order valence-electron chi connectivity index (χ0n) is 9.54. The second-order valence-electron chi connectivity index (χ2n) is 3.70. The molecule has 1 aromatic heterocycles. The minimum atomic E-state index is -0.700. The Labute approximate surface area is 102 Å². The van der Waals surface area contributed by atoms with Crippen LogP contribution in [0.3, 0.4) is 0 Å². The number of halogens is 1. The Bertz CT molecular complexity index is 556. The molecule has 0 aliphatic carbocycles. The van der Waals surface area contributed by atoms with E-state index >= 15 is 0 Å². The Morgan fingerprint density at radius 3 is 2.94 bits per heavy atom. The van der Waals surface area contributed by atoms with Crippen molar-refractivity contribution in [1.82, 2.24) is 14.8 Å². The molecule has 1 aromatic carbocycles. The first kappa shape index (κ1) is 12.0. The van der Waals surface area contributed by atoms with Crippen molar-refractivity contribution in [1.29, 1.82) is 0 Å². The Kier molecular flexibility index (Phi) is 3.22. The number of hydrogen-bond acceptors (Lipinski definition) is 4. The van der Waals surface area contributed by atoms with Gasteiger partial charge in [-0.05, 0) is 19.1 Å². The Balaban J connectivity index is 2.12. The zero-order chi connectivity index (χ0) is 13.1. The van der Waals surface area contributed by atoms with Gasteiger partial charge in [0, 0.05) is 6.07 Å². The number of phenols is 1. The van der Waals surface area contributed by atoms with E-state index in [0.717, 1.165) is 6.07 Å². The summed E-state index contributed by atoms with van der Waals surface area (Å²) in [6.45, 7) is 1.61. The van der Waals surface area contributed by atoms with Crippen LogP contribution in [0.2, 0.25) is 0 Å². The first-order valence-electron chi connectivity index (χ1n) is 5.21. The van der Waals surface area contributed by atoms with Crippen molar-refractivity contribution >= 4 is 11.6 Å². The van der Waals surface area contributed by atoms with Gasteiger partial charge in [-0.15, -0.1) is 0 Å². The maximum absolute atomic E-state index is 13.4. The molecule has 0 fully saturated rings. The fraction of sp³-hybridized carbons (Fsp3) is 0.182. The Morgan fingerprint density at radius 2 is 2.33 bits per heavy atom. The smallest absolute Gasteiger partial charge is 0.249 e. The van der Waals surface area contributed by atoms with Crippen LogP contribution in [0.15, 0.2) is 30.9 Å². The number of nitrogens with one attached hydrogen (secondary N) is 1. The highest BCUT2D eigenvalue weighted by Gasteiger charge is 2.17. The lowest BCUT2D eigenvalue weighted by Gasteiger charge is -2.12. The van der Waals surface area contributed by atoms with Gasteiger partial charge in [0.15, 0.2) is 0 Å². The van der Waals surface area contributed by atoms with Gasteiger partial charge in [-0.25, -0.2) is 14.1 Å². The second-order valence-corrected chi connectivity index (χ2v) is 3.70. The number of aromatic hydroxyl groups is 1. The predicted octanol–water partition coefficient (Wildman–Crippen LogP) is 1.32. The van der Waals surface area contributed by atoms with Crippen molar-refractivity contribution in [2.45, 2.75) is 13.0 Å². The van der Waals surface area contributed by atoms with Gasteiger partial charge in [-0.1, -0.05) is 0 Å². The highest BCUT2D eigenvalue weighted by Crippen LogP contribution is 2.20. The van der Waals surface area contributed by atoms with Gasteiger partial charge in [0.25, 0.3) is 0 Å². The number of anilines is 1. The van der Waals surface area contributed by atoms with Crippen LogP contribution in [0, 0.1) is 5.82 Å². The van der Waals surface area contributed by atoms with Gasteiger partial charge in [0.05, 0.1) is 5.69 Å². The SMILES string of the molecule is CC(C(=O)Nc1ccc(O)cc1F)n1cncn1. The number of benzene rings is 1. The molecule has 2 rings (SSSR count). The summed E-state index contributed by atoms with van der Waals surface area (Å²) in [4.78, 5) is 15.5. The van der Waals surface area contributed by atoms with E-state index in [9.17, 15) is 9.18 Å². The van der Waals surface area contributed by atoms with E-state index in [2.05, 4.69) is 15.4 Å². The number of aromatic nitrogens is 3. The van der Waals surface area contributed by atoms with Crippen LogP contribution in [-0.2, 0) is 4.79 Å². The van der Waals surface area contributed by atoms with Crippen LogP contribution in [-0.4, -0.2) is 25.8 Å². The van der Waals surface area contributed by atoms with E-state index in [1.807, 2.05) is 0 Å². The summed E-state index contributed by atoms with van der Waals surface area (Å²) in [5.74, 6) is -1.32. The predicted molar refractivity (Wildman–Crippen MR) is 61.4 cm³/mol. The number of nitrogens with zero attached hydrogens (tertiary/aromatic N) is 3.